The van der Waals surface area contributed by atoms with Crippen LogP contribution in [-0.2, 0) is 11.8 Å². The fourth-order valence-corrected chi connectivity index (χ4v) is 2.69. The molecule has 0 bridgehead atoms. The Morgan fingerprint density at radius 3 is 2.48 bits per heavy atom. The average Bonchev–Trinajstić information content (AvgIpc) is 2.84. The second-order valence-electron chi connectivity index (χ2n) is 7.27. The lowest BCUT2D eigenvalue weighted by Gasteiger charge is -2.33. The zero-order valence-electron chi connectivity index (χ0n) is 15.7. The van der Waals surface area contributed by atoms with Gasteiger partial charge in [-0.1, -0.05) is 27.7 Å². The van der Waals surface area contributed by atoms with Crippen LogP contribution in [-0.4, -0.2) is 28.2 Å². The van der Waals surface area contributed by atoms with E-state index in [2.05, 4.69) is 11.4 Å². The predicted molar refractivity (Wildman–Crippen MR) is 96.1 cm³/mol. The summed E-state index contributed by atoms with van der Waals surface area (Å²) >= 11 is 0. The smallest absolute Gasteiger partial charge is 0.261 e. The van der Waals surface area contributed by atoms with Crippen molar-refractivity contribution in [2.75, 3.05) is 6.54 Å². The topological polar surface area (TPSA) is 102 Å². The van der Waals surface area contributed by atoms with Gasteiger partial charge in [-0.15, -0.1) is 0 Å². The Labute approximate surface area is 149 Å². The third-order valence-electron chi connectivity index (χ3n) is 4.49. The van der Waals surface area contributed by atoms with Crippen molar-refractivity contribution in [3.63, 3.8) is 0 Å². The lowest BCUT2D eigenvalue weighted by molar-refractivity contribution is -0.118. The fraction of sp³-hybridized carbons (Fsp3) is 0.526. The van der Waals surface area contributed by atoms with Crippen LogP contribution in [0.15, 0.2) is 11.6 Å². The molecule has 0 radical (unpaired) electrons. The van der Waals surface area contributed by atoms with Crippen LogP contribution >= 0.6 is 0 Å². The van der Waals surface area contributed by atoms with Gasteiger partial charge in [0, 0.05) is 24.7 Å². The molecular formula is C19H26N4O2. The summed E-state index contributed by atoms with van der Waals surface area (Å²) in [6, 6.07) is 5.62. The van der Waals surface area contributed by atoms with Crippen molar-refractivity contribution >= 4 is 12.0 Å². The number of amides is 1. The molecule has 0 aromatic carbocycles. The summed E-state index contributed by atoms with van der Waals surface area (Å²) < 4.78 is 1.71. The number of hydrogen-bond acceptors (Lipinski definition) is 4. The second-order valence-corrected chi connectivity index (χ2v) is 7.27. The standard InChI is InChI=1S/C19H26N4O2/c1-12(2)17(24)19(4,5)11-22-18(25)15(9-20)7-14-8-16(10-21)23(6)13(14)3/h7-8,12,17,24H,11H2,1-6H3,(H,22,25)/b15-7+. The van der Waals surface area contributed by atoms with Crippen molar-refractivity contribution < 1.29 is 9.90 Å². The maximum absolute atomic E-state index is 12.3. The van der Waals surface area contributed by atoms with Crippen molar-refractivity contribution in [2.24, 2.45) is 18.4 Å². The van der Waals surface area contributed by atoms with Gasteiger partial charge in [-0.05, 0) is 30.5 Å². The van der Waals surface area contributed by atoms with E-state index in [0.29, 0.717) is 11.3 Å². The number of aromatic nitrogens is 1. The zero-order valence-corrected chi connectivity index (χ0v) is 15.7. The van der Waals surface area contributed by atoms with E-state index in [0.717, 1.165) is 5.69 Å². The molecule has 1 amide bonds. The molecule has 2 N–H and O–H groups in total. The van der Waals surface area contributed by atoms with E-state index in [1.54, 1.807) is 17.7 Å². The minimum Gasteiger partial charge on any atom is -0.392 e. The Bertz CT molecular complexity index is 758. The monoisotopic (exact) mass is 342 g/mol. The average molecular weight is 342 g/mol. The maximum atomic E-state index is 12.3. The van der Waals surface area contributed by atoms with E-state index in [1.807, 2.05) is 40.7 Å². The number of carbonyl (C=O) groups is 1. The van der Waals surface area contributed by atoms with Crippen LogP contribution in [0.25, 0.3) is 6.08 Å². The summed E-state index contributed by atoms with van der Waals surface area (Å²) in [5.74, 6) is -0.428. The summed E-state index contributed by atoms with van der Waals surface area (Å²) in [4.78, 5) is 12.3. The Kier molecular flexibility index (Phi) is 6.55. The first-order chi connectivity index (χ1) is 11.5. The van der Waals surface area contributed by atoms with E-state index >= 15 is 0 Å². The zero-order chi connectivity index (χ0) is 19.4. The van der Waals surface area contributed by atoms with Gasteiger partial charge in [0.05, 0.1) is 6.10 Å². The van der Waals surface area contributed by atoms with Gasteiger partial charge in [0.15, 0.2) is 0 Å². The van der Waals surface area contributed by atoms with Gasteiger partial charge in [0.25, 0.3) is 5.91 Å². The van der Waals surface area contributed by atoms with E-state index in [1.165, 1.54) is 6.08 Å². The van der Waals surface area contributed by atoms with Crippen LogP contribution in [0, 0.1) is 40.9 Å². The number of nitrogens with zero attached hydrogens (tertiary/aromatic N) is 3. The van der Waals surface area contributed by atoms with Gasteiger partial charge in [-0.3, -0.25) is 4.79 Å². The first-order valence-corrected chi connectivity index (χ1v) is 8.19. The summed E-state index contributed by atoms with van der Waals surface area (Å²) in [6.45, 7) is 9.64. The first kappa shape index (κ1) is 20.5. The number of carbonyl (C=O) groups excluding carboxylic acids is 1. The third kappa shape index (κ3) is 4.71. The molecule has 0 aliphatic rings. The Morgan fingerprint density at radius 1 is 1.44 bits per heavy atom. The molecule has 0 fully saturated rings. The molecule has 0 spiro atoms. The number of aliphatic hydroxyl groups excluding tert-OH is 1. The number of nitriles is 2. The highest BCUT2D eigenvalue weighted by molar-refractivity contribution is 6.01. The van der Waals surface area contributed by atoms with Gasteiger partial charge < -0.3 is 15.0 Å². The Hall–Kier alpha value is -2.57. The molecule has 1 atom stereocenters. The van der Waals surface area contributed by atoms with Crippen LogP contribution < -0.4 is 5.32 Å². The summed E-state index contributed by atoms with van der Waals surface area (Å²) in [5.41, 5.74) is 1.37. The van der Waals surface area contributed by atoms with Gasteiger partial charge in [-0.25, -0.2) is 0 Å². The highest BCUT2D eigenvalue weighted by Crippen LogP contribution is 2.25. The van der Waals surface area contributed by atoms with Gasteiger partial charge in [0.2, 0.25) is 0 Å². The molecule has 1 aromatic heterocycles. The highest BCUT2D eigenvalue weighted by atomic mass is 16.3. The second kappa shape index (κ2) is 8.00. The van der Waals surface area contributed by atoms with Crippen molar-refractivity contribution in [1.29, 1.82) is 10.5 Å². The first-order valence-electron chi connectivity index (χ1n) is 8.19. The number of nitrogens with one attached hydrogen (secondary N) is 1. The lowest BCUT2D eigenvalue weighted by Crippen LogP contribution is -2.43. The number of rotatable bonds is 6. The van der Waals surface area contributed by atoms with E-state index in [9.17, 15) is 15.2 Å². The SMILES string of the molecule is Cc1c(/C=C(\C#N)C(=O)NCC(C)(C)C(O)C(C)C)cc(C#N)n1C. The molecule has 1 unspecified atom stereocenters. The number of aliphatic hydroxyl groups is 1. The van der Waals surface area contributed by atoms with Crippen LogP contribution in [0.5, 0.6) is 0 Å². The normalized spacial score (nSPS) is 13.3. The summed E-state index contributed by atoms with van der Waals surface area (Å²) in [6.07, 6.45) is 0.911. The Balaban J connectivity index is 2.96. The van der Waals surface area contributed by atoms with Gasteiger partial charge in [0.1, 0.15) is 23.4 Å². The molecule has 0 saturated carbocycles. The molecule has 134 valence electrons. The largest absolute Gasteiger partial charge is 0.392 e. The van der Waals surface area contributed by atoms with Crippen molar-refractivity contribution in [3.05, 3.63) is 28.6 Å². The molecule has 0 saturated heterocycles. The molecule has 0 aliphatic heterocycles. The van der Waals surface area contributed by atoms with E-state index in [4.69, 9.17) is 5.26 Å². The fourth-order valence-electron chi connectivity index (χ4n) is 2.69. The summed E-state index contributed by atoms with van der Waals surface area (Å²) in [7, 11) is 1.76. The number of hydrogen-bond donors (Lipinski definition) is 2. The molecule has 0 aliphatic carbocycles. The molecule has 6 heteroatoms. The van der Waals surface area contributed by atoms with Crippen molar-refractivity contribution in [3.8, 4) is 12.1 Å². The van der Waals surface area contributed by atoms with Crippen LogP contribution in [0.2, 0.25) is 0 Å². The van der Waals surface area contributed by atoms with E-state index < -0.39 is 17.4 Å². The Morgan fingerprint density at radius 2 is 2.04 bits per heavy atom. The third-order valence-corrected chi connectivity index (χ3v) is 4.49. The predicted octanol–water partition coefficient (Wildman–Crippen LogP) is 2.27. The minimum atomic E-state index is -0.572. The van der Waals surface area contributed by atoms with Crippen molar-refractivity contribution in [2.45, 2.75) is 40.7 Å². The highest BCUT2D eigenvalue weighted by Gasteiger charge is 2.30. The quantitative estimate of drug-likeness (QED) is 0.611. The van der Waals surface area contributed by atoms with Crippen LogP contribution in [0.3, 0.4) is 0 Å². The van der Waals surface area contributed by atoms with E-state index in [-0.39, 0.29) is 18.0 Å². The molecule has 1 heterocycles. The van der Waals surface area contributed by atoms with Crippen LogP contribution in [0.1, 0.15) is 44.6 Å². The molecular weight excluding hydrogens is 316 g/mol. The maximum Gasteiger partial charge on any atom is 0.261 e. The summed E-state index contributed by atoms with van der Waals surface area (Å²) in [5, 5.41) is 31.3. The molecule has 1 rings (SSSR count). The van der Waals surface area contributed by atoms with Gasteiger partial charge >= 0.3 is 0 Å². The molecule has 25 heavy (non-hydrogen) atoms. The molecule has 6 nitrogen and oxygen atoms in total. The van der Waals surface area contributed by atoms with Crippen molar-refractivity contribution in [1.82, 2.24) is 9.88 Å². The van der Waals surface area contributed by atoms with Gasteiger partial charge in [-0.2, -0.15) is 10.5 Å². The lowest BCUT2D eigenvalue weighted by atomic mass is 9.80. The van der Waals surface area contributed by atoms with Crippen LogP contribution in [0.4, 0.5) is 0 Å². The minimum absolute atomic E-state index is 0.0342. The molecule has 1 aromatic rings.